The fourth-order valence-electron chi connectivity index (χ4n) is 1.88. The molecule has 0 aromatic heterocycles. The van der Waals surface area contributed by atoms with E-state index in [0.717, 1.165) is 31.4 Å². The Balaban J connectivity index is 2.20. The van der Waals surface area contributed by atoms with Gasteiger partial charge in [-0.05, 0) is 25.0 Å². The minimum Gasteiger partial charge on any atom is -0.299 e. The summed E-state index contributed by atoms with van der Waals surface area (Å²) >= 11 is 4.11. The summed E-state index contributed by atoms with van der Waals surface area (Å²) in [5.41, 5.74) is 0. The minimum atomic E-state index is 0.402. The summed E-state index contributed by atoms with van der Waals surface area (Å²) in [7, 11) is 0. The summed E-state index contributed by atoms with van der Waals surface area (Å²) in [6.45, 7) is 0. The van der Waals surface area contributed by atoms with Crippen molar-refractivity contribution in [2.45, 2.75) is 44.9 Å². The maximum atomic E-state index is 11.5. The molecule has 0 bridgehead atoms. The molecule has 1 aliphatic carbocycles. The first-order chi connectivity index (χ1) is 5.84. The highest BCUT2D eigenvalue weighted by molar-refractivity contribution is 7.80. The Kier molecular flexibility index (Phi) is 4.74. The molecule has 0 spiro atoms. The van der Waals surface area contributed by atoms with Crippen LogP contribution in [-0.4, -0.2) is 11.5 Å². The lowest BCUT2D eigenvalue weighted by molar-refractivity contribution is -0.123. The van der Waals surface area contributed by atoms with E-state index in [-0.39, 0.29) is 0 Å². The van der Waals surface area contributed by atoms with Crippen LogP contribution in [0.5, 0.6) is 0 Å². The average Bonchev–Trinajstić information content (AvgIpc) is 2.15. The molecule has 0 aromatic rings. The summed E-state index contributed by atoms with van der Waals surface area (Å²) in [4.78, 5) is 11.5. The van der Waals surface area contributed by atoms with Crippen LogP contribution in [0.3, 0.4) is 0 Å². The molecule has 0 heterocycles. The van der Waals surface area contributed by atoms with Gasteiger partial charge >= 0.3 is 0 Å². The quantitative estimate of drug-likeness (QED) is 0.668. The Bertz CT molecular complexity index is 139. The molecule has 0 unspecified atom stereocenters. The summed E-state index contributed by atoms with van der Waals surface area (Å²) < 4.78 is 0. The molecule has 1 nitrogen and oxygen atoms in total. The fourth-order valence-corrected chi connectivity index (χ4v) is 2.04. The summed E-state index contributed by atoms with van der Waals surface area (Å²) in [6, 6.07) is 0. The SMILES string of the molecule is O=C(CCCS)C1CCCCC1. The highest BCUT2D eigenvalue weighted by Gasteiger charge is 2.19. The smallest absolute Gasteiger partial charge is 0.136 e. The van der Waals surface area contributed by atoms with E-state index in [0.29, 0.717) is 11.7 Å². The van der Waals surface area contributed by atoms with Gasteiger partial charge in [0.15, 0.2) is 0 Å². The van der Waals surface area contributed by atoms with Crippen molar-refractivity contribution in [1.82, 2.24) is 0 Å². The van der Waals surface area contributed by atoms with Gasteiger partial charge in [0.2, 0.25) is 0 Å². The highest BCUT2D eigenvalue weighted by Crippen LogP contribution is 2.25. The second-order valence-corrected chi connectivity index (χ2v) is 4.08. The Morgan fingerprint density at radius 1 is 1.25 bits per heavy atom. The van der Waals surface area contributed by atoms with Crippen molar-refractivity contribution in [3.63, 3.8) is 0 Å². The molecule has 1 saturated carbocycles. The number of hydrogen-bond donors (Lipinski definition) is 1. The maximum Gasteiger partial charge on any atom is 0.136 e. The van der Waals surface area contributed by atoms with Crippen LogP contribution in [0.2, 0.25) is 0 Å². The molecule has 0 N–H and O–H groups in total. The van der Waals surface area contributed by atoms with Crippen LogP contribution in [-0.2, 0) is 4.79 Å². The number of ketones is 1. The van der Waals surface area contributed by atoms with Crippen LogP contribution in [0.25, 0.3) is 0 Å². The summed E-state index contributed by atoms with van der Waals surface area (Å²) in [5, 5.41) is 0. The van der Waals surface area contributed by atoms with E-state index in [4.69, 9.17) is 0 Å². The Hall–Kier alpha value is 0.0200. The third-order valence-electron chi connectivity index (χ3n) is 2.64. The Morgan fingerprint density at radius 3 is 2.50 bits per heavy atom. The second kappa shape index (κ2) is 5.63. The van der Waals surface area contributed by atoms with Crippen molar-refractivity contribution in [2.75, 3.05) is 5.75 Å². The van der Waals surface area contributed by atoms with E-state index in [1.54, 1.807) is 0 Å². The van der Waals surface area contributed by atoms with Crippen LogP contribution in [0.15, 0.2) is 0 Å². The predicted molar refractivity (Wildman–Crippen MR) is 54.7 cm³/mol. The third kappa shape index (κ3) is 3.18. The van der Waals surface area contributed by atoms with Gasteiger partial charge in [-0.15, -0.1) is 0 Å². The second-order valence-electron chi connectivity index (χ2n) is 3.63. The van der Waals surface area contributed by atoms with Crippen molar-refractivity contribution in [3.05, 3.63) is 0 Å². The zero-order chi connectivity index (χ0) is 8.81. The van der Waals surface area contributed by atoms with Crippen molar-refractivity contribution in [2.24, 2.45) is 5.92 Å². The van der Waals surface area contributed by atoms with Gasteiger partial charge in [-0.1, -0.05) is 19.3 Å². The number of Topliss-reactive ketones (excluding diaryl/α,β-unsaturated/α-hetero) is 1. The Morgan fingerprint density at radius 2 is 1.92 bits per heavy atom. The Labute approximate surface area is 80.3 Å². The molecule has 0 aliphatic heterocycles. The molecule has 12 heavy (non-hydrogen) atoms. The van der Waals surface area contributed by atoms with E-state index in [2.05, 4.69) is 12.6 Å². The standard InChI is InChI=1S/C10H18OS/c11-10(7-4-8-12)9-5-2-1-3-6-9/h9,12H,1-8H2. The van der Waals surface area contributed by atoms with Gasteiger partial charge in [-0.2, -0.15) is 12.6 Å². The lowest BCUT2D eigenvalue weighted by atomic mass is 9.85. The van der Waals surface area contributed by atoms with Gasteiger partial charge < -0.3 is 0 Å². The number of thiol groups is 1. The van der Waals surface area contributed by atoms with Gasteiger partial charge in [-0.25, -0.2) is 0 Å². The zero-order valence-corrected chi connectivity index (χ0v) is 8.48. The van der Waals surface area contributed by atoms with Crippen LogP contribution >= 0.6 is 12.6 Å². The molecule has 0 aromatic carbocycles. The number of rotatable bonds is 4. The molecule has 0 radical (unpaired) electrons. The predicted octanol–water partition coefficient (Wildman–Crippen LogP) is 2.85. The van der Waals surface area contributed by atoms with Gasteiger partial charge in [0, 0.05) is 12.3 Å². The fraction of sp³-hybridized carbons (Fsp3) is 0.900. The normalized spacial score (nSPS) is 19.4. The first-order valence-corrected chi connectivity index (χ1v) is 5.61. The van der Waals surface area contributed by atoms with Crippen molar-refractivity contribution in [3.8, 4) is 0 Å². The first-order valence-electron chi connectivity index (χ1n) is 4.98. The van der Waals surface area contributed by atoms with Crippen LogP contribution in [0, 0.1) is 5.92 Å². The first kappa shape index (κ1) is 10.1. The molecule has 70 valence electrons. The number of carbonyl (C=O) groups is 1. The molecule has 0 amide bonds. The van der Waals surface area contributed by atoms with E-state index in [1.807, 2.05) is 0 Å². The highest BCUT2D eigenvalue weighted by atomic mass is 32.1. The topological polar surface area (TPSA) is 17.1 Å². The van der Waals surface area contributed by atoms with Crippen LogP contribution in [0.1, 0.15) is 44.9 Å². The molecule has 1 fully saturated rings. The minimum absolute atomic E-state index is 0.402. The molecule has 1 rings (SSSR count). The lowest BCUT2D eigenvalue weighted by Gasteiger charge is -2.19. The van der Waals surface area contributed by atoms with Gasteiger partial charge in [0.1, 0.15) is 5.78 Å². The van der Waals surface area contributed by atoms with Crippen molar-refractivity contribution >= 4 is 18.4 Å². The van der Waals surface area contributed by atoms with E-state index >= 15 is 0 Å². The average molecular weight is 186 g/mol. The van der Waals surface area contributed by atoms with Crippen molar-refractivity contribution in [1.29, 1.82) is 0 Å². The van der Waals surface area contributed by atoms with Crippen LogP contribution < -0.4 is 0 Å². The number of carbonyl (C=O) groups excluding carboxylic acids is 1. The molecule has 0 saturated heterocycles. The van der Waals surface area contributed by atoms with E-state index < -0.39 is 0 Å². The summed E-state index contributed by atoms with van der Waals surface area (Å²) in [5.74, 6) is 1.74. The molecular weight excluding hydrogens is 168 g/mol. The summed E-state index contributed by atoms with van der Waals surface area (Å²) in [6.07, 6.45) is 7.86. The molecule has 2 heteroatoms. The maximum absolute atomic E-state index is 11.5. The van der Waals surface area contributed by atoms with Crippen molar-refractivity contribution < 1.29 is 4.79 Å². The lowest BCUT2D eigenvalue weighted by Crippen LogP contribution is -2.17. The monoisotopic (exact) mass is 186 g/mol. The molecule has 0 atom stereocenters. The van der Waals surface area contributed by atoms with Gasteiger partial charge in [-0.3, -0.25) is 4.79 Å². The van der Waals surface area contributed by atoms with E-state index in [1.165, 1.54) is 19.3 Å². The van der Waals surface area contributed by atoms with E-state index in [9.17, 15) is 4.79 Å². The zero-order valence-electron chi connectivity index (χ0n) is 7.59. The molecular formula is C10H18OS. The van der Waals surface area contributed by atoms with Gasteiger partial charge in [0.05, 0.1) is 0 Å². The van der Waals surface area contributed by atoms with Crippen LogP contribution in [0.4, 0.5) is 0 Å². The number of hydrogen-bond acceptors (Lipinski definition) is 2. The largest absolute Gasteiger partial charge is 0.299 e. The molecule has 1 aliphatic rings. The van der Waals surface area contributed by atoms with Gasteiger partial charge in [0.25, 0.3) is 0 Å². The third-order valence-corrected chi connectivity index (χ3v) is 2.96.